The van der Waals surface area contributed by atoms with Crippen molar-refractivity contribution in [3.8, 4) is 17.5 Å². The van der Waals surface area contributed by atoms with Gasteiger partial charge in [0, 0.05) is 12.1 Å². The number of nitrogens with two attached hydrogens (primary N) is 1. The Labute approximate surface area is 108 Å². The second-order valence-corrected chi connectivity index (χ2v) is 3.46. The van der Waals surface area contributed by atoms with Crippen LogP contribution < -0.4 is 15.2 Å². The van der Waals surface area contributed by atoms with Gasteiger partial charge >= 0.3 is 0 Å². The molecule has 0 radical (unpaired) electrons. The first-order valence-electron chi connectivity index (χ1n) is 5.19. The van der Waals surface area contributed by atoms with Crippen LogP contribution in [0.1, 0.15) is 0 Å². The van der Waals surface area contributed by atoms with Gasteiger partial charge in [-0.2, -0.15) is 9.97 Å². The normalized spacial score (nSPS) is 9.95. The second-order valence-electron chi connectivity index (χ2n) is 3.46. The SMILES string of the molecule is COc1cc(Oc2ccc([N+](=O)[O-])cc2)nc(N)n1. The number of hydrogen-bond donors (Lipinski definition) is 1. The van der Waals surface area contributed by atoms with Crippen LogP contribution in [0.4, 0.5) is 11.6 Å². The largest absolute Gasteiger partial charge is 0.481 e. The van der Waals surface area contributed by atoms with Crippen molar-refractivity contribution >= 4 is 11.6 Å². The van der Waals surface area contributed by atoms with Crippen molar-refractivity contribution in [2.24, 2.45) is 0 Å². The molecule has 0 fully saturated rings. The molecule has 0 bridgehead atoms. The van der Waals surface area contributed by atoms with Crippen molar-refractivity contribution in [1.29, 1.82) is 0 Å². The van der Waals surface area contributed by atoms with E-state index in [-0.39, 0.29) is 23.4 Å². The van der Waals surface area contributed by atoms with Crippen molar-refractivity contribution in [2.45, 2.75) is 0 Å². The molecule has 2 N–H and O–H groups in total. The molecule has 0 aliphatic rings. The molecular weight excluding hydrogens is 252 g/mol. The van der Waals surface area contributed by atoms with Crippen molar-refractivity contribution in [3.05, 3.63) is 40.4 Å². The van der Waals surface area contributed by atoms with Gasteiger partial charge in [0.05, 0.1) is 18.1 Å². The first-order chi connectivity index (χ1) is 9.08. The number of rotatable bonds is 4. The number of ether oxygens (including phenoxy) is 2. The van der Waals surface area contributed by atoms with Crippen LogP contribution in [0.2, 0.25) is 0 Å². The summed E-state index contributed by atoms with van der Waals surface area (Å²) in [5.41, 5.74) is 5.46. The molecule has 8 heteroatoms. The Bertz CT molecular complexity index is 600. The minimum Gasteiger partial charge on any atom is -0.481 e. The number of nitro groups is 1. The van der Waals surface area contributed by atoms with Crippen molar-refractivity contribution in [2.75, 3.05) is 12.8 Å². The molecule has 0 atom stereocenters. The Morgan fingerprint density at radius 1 is 1.21 bits per heavy atom. The fraction of sp³-hybridized carbons (Fsp3) is 0.0909. The number of anilines is 1. The van der Waals surface area contributed by atoms with Crippen LogP contribution in [0.25, 0.3) is 0 Å². The molecule has 2 rings (SSSR count). The third kappa shape index (κ3) is 3.06. The minimum absolute atomic E-state index is 0.0104. The Balaban J connectivity index is 2.21. The second kappa shape index (κ2) is 5.17. The highest BCUT2D eigenvalue weighted by Crippen LogP contribution is 2.24. The Morgan fingerprint density at radius 2 is 1.84 bits per heavy atom. The van der Waals surface area contributed by atoms with E-state index >= 15 is 0 Å². The highest BCUT2D eigenvalue weighted by atomic mass is 16.6. The van der Waals surface area contributed by atoms with E-state index in [0.29, 0.717) is 5.75 Å². The van der Waals surface area contributed by atoms with Gasteiger partial charge in [0.25, 0.3) is 5.69 Å². The highest BCUT2D eigenvalue weighted by Gasteiger charge is 2.07. The van der Waals surface area contributed by atoms with E-state index < -0.39 is 4.92 Å². The maximum atomic E-state index is 10.5. The molecule has 0 saturated heterocycles. The number of nitrogen functional groups attached to an aromatic ring is 1. The number of hydrogen-bond acceptors (Lipinski definition) is 7. The predicted molar refractivity (Wildman–Crippen MR) is 66.2 cm³/mol. The van der Waals surface area contributed by atoms with Crippen LogP contribution in [0.15, 0.2) is 30.3 Å². The fourth-order valence-electron chi connectivity index (χ4n) is 1.33. The van der Waals surface area contributed by atoms with Gasteiger partial charge in [-0.3, -0.25) is 10.1 Å². The zero-order valence-corrected chi connectivity index (χ0v) is 9.94. The number of nitrogens with zero attached hydrogens (tertiary/aromatic N) is 3. The molecule has 2 aromatic rings. The third-order valence-corrected chi connectivity index (χ3v) is 2.18. The van der Waals surface area contributed by atoms with E-state index in [1.54, 1.807) is 0 Å². The summed E-state index contributed by atoms with van der Waals surface area (Å²) >= 11 is 0. The summed E-state index contributed by atoms with van der Waals surface area (Å²) < 4.78 is 10.3. The lowest BCUT2D eigenvalue weighted by Crippen LogP contribution is -1.99. The molecule has 1 aromatic heterocycles. The van der Waals surface area contributed by atoms with Gasteiger partial charge in [0.1, 0.15) is 5.75 Å². The molecule has 0 saturated carbocycles. The van der Waals surface area contributed by atoms with E-state index in [2.05, 4.69) is 9.97 Å². The summed E-state index contributed by atoms with van der Waals surface area (Å²) in [7, 11) is 1.44. The van der Waals surface area contributed by atoms with Gasteiger partial charge in [-0.1, -0.05) is 0 Å². The van der Waals surface area contributed by atoms with Crippen LogP contribution in [0.5, 0.6) is 17.5 Å². The van der Waals surface area contributed by atoms with Gasteiger partial charge in [-0.05, 0) is 12.1 Å². The lowest BCUT2D eigenvalue weighted by molar-refractivity contribution is -0.384. The van der Waals surface area contributed by atoms with E-state index in [1.165, 1.54) is 37.4 Å². The van der Waals surface area contributed by atoms with E-state index in [4.69, 9.17) is 15.2 Å². The van der Waals surface area contributed by atoms with Crippen LogP contribution in [0, 0.1) is 10.1 Å². The molecule has 0 aliphatic heterocycles. The lowest BCUT2D eigenvalue weighted by atomic mass is 10.3. The van der Waals surface area contributed by atoms with Crippen LogP contribution in [-0.2, 0) is 0 Å². The predicted octanol–water partition coefficient (Wildman–Crippen LogP) is 1.77. The molecule has 1 aromatic carbocycles. The van der Waals surface area contributed by atoms with E-state index in [0.717, 1.165) is 0 Å². The number of benzene rings is 1. The molecule has 0 unspecified atom stereocenters. The summed E-state index contributed by atoms with van der Waals surface area (Å²) in [6.45, 7) is 0. The number of aromatic nitrogens is 2. The summed E-state index contributed by atoms with van der Waals surface area (Å²) in [4.78, 5) is 17.7. The fourth-order valence-corrected chi connectivity index (χ4v) is 1.33. The van der Waals surface area contributed by atoms with Crippen LogP contribution >= 0.6 is 0 Å². The van der Waals surface area contributed by atoms with Crippen LogP contribution in [0.3, 0.4) is 0 Å². The summed E-state index contributed by atoms with van der Waals surface area (Å²) in [6, 6.07) is 7.04. The Kier molecular flexibility index (Phi) is 3.42. The molecule has 0 aliphatic carbocycles. The van der Waals surface area contributed by atoms with Crippen molar-refractivity contribution < 1.29 is 14.4 Å². The molecule has 19 heavy (non-hydrogen) atoms. The highest BCUT2D eigenvalue weighted by molar-refractivity contribution is 5.38. The van der Waals surface area contributed by atoms with Gasteiger partial charge in [0.15, 0.2) is 0 Å². The van der Waals surface area contributed by atoms with Crippen LogP contribution in [-0.4, -0.2) is 22.0 Å². The molecule has 0 amide bonds. The average molecular weight is 262 g/mol. The average Bonchev–Trinajstić information content (AvgIpc) is 2.38. The first kappa shape index (κ1) is 12.6. The monoisotopic (exact) mass is 262 g/mol. The molecule has 8 nitrogen and oxygen atoms in total. The summed E-state index contributed by atoms with van der Waals surface area (Å²) in [5.74, 6) is 0.865. The quantitative estimate of drug-likeness (QED) is 0.659. The molecule has 0 spiro atoms. The smallest absolute Gasteiger partial charge is 0.269 e. The first-order valence-corrected chi connectivity index (χ1v) is 5.19. The summed E-state index contributed by atoms with van der Waals surface area (Å²) in [6.07, 6.45) is 0. The zero-order valence-electron chi connectivity index (χ0n) is 9.94. The van der Waals surface area contributed by atoms with Gasteiger partial charge in [-0.25, -0.2) is 0 Å². The van der Waals surface area contributed by atoms with Gasteiger partial charge < -0.3 is 15.2 Å². The van der Waals surface area contributed by atoms with E-state index in [9.17, 15) is 10.1 Å². The van der Waals surface area contributed by atoms with Crippen molar-refractivity contribution in [3.63, 3.8) is 0 Å². The zero-order chi connectivity index (χ0) is 13.8. The standard InChI is InChI=1S/C11H10N4O4/c1-18-9-6-10(14-11(12)13-9)19-8-4-2-7(3-5-8)15(16)17/h2-6H,1H3,(H2,12,13,14). The maximum Gasteiger partial charge on any atom is 0.269 e. The van der Waals surface area contributed by atoms with E-state index in [1.807, 2.05) is 0 Å². The van der Waals surface area contributed by atoms with Gasteiger partial charge in [-0.15, -0.1) is 0 Å². The number of nitro benzene ring substituents is 1. The van der Waals surface area contributed by atoms with Gasteiger partial charge in [0.2, 0.25) is 17.7 Å². The summed E-state index contributed by atoms with van der Waals surface area (Å²) in [5, 5.41) is 10.5. The number of non-ortho nitro benzene ring substituents is 1. The topological polar surface area (TPSA) is 113 Å². The third-order valence-electron chi connectivity index (χ3n) is 2.18. The molecule has 98 valence electrons. The van der Waals surface area contributed by atoms with Crippen molar-refractivity contribution in [1.82, 2.24) is 9.97 Å². The molecular formula is C11H10N4O4. The Hall–Kier alpha value is -2.90. The Morgan fingerprint density at radius 3 is 2.42 bits per heavy atom. The molecule has 1 heterocycles. The maximum absolute atomic E-state index is 10.5. The lowest BCUT2D eigenvalue weighted by Gasteiger charge is -2.06. The minimum atomic E-state index is -0.491. The number of methoxy groups -OCH3 is 1.